The number of alkyl halides is 2. The second-order valence-corrected chi connectivity index (χ2v) is 6.77. The van der Waals surface area contributed by atoms with Gasteiger partial charge in [0.15, 0.2) is 0 Å². The molecule has 0 saturated heterocycles. The quantitative estimate of drug-likeness (QED) is 0.705. The highest BCUT2D eigenvalue weighted by molar-refractivity contribution is 7.55. The van der Waals surface area contributed by atoms with Gasteiger partial charge in [0, 0.05) is 6.20 Å². The van der Waals surface area contributed by atoms with E-state index in [4.69, 9.17) is 9.05 Å². The van der Waals surface area contributed by atoms with Crippen molar-refractivity contribution in [3.63, 3.8) is 0 Å². The smallest absolute Gasteiger partial charge is 0.305 e. The van der Waals surface area contributed by atoms with Crippen molar-refractivity contribution < 1.29 is 22.4 Å². The standard InChI is InChI=1S/C13H18F2N3O3P/c1-3-20-22(19,21-4-2)13(14,15)10-9-17-18-12(10)11-7-5-6-8-16-11/h5-8,10,12H,3-4,9H2,1-2H3/t10-,12-/m0/s1. The van der Waals surface area contributed by atoms with E-state index in [1.54, 1.807) is 18.2 Å². The maximum Gasteiger partial charge on any atom is 0.400 e. The molecule has 0 bridgehead atoms. The van der Waals surface area contributed by atoms with Crippen LogP contribution in [0.5, 0.6) is 0 Å². The predicted molar refractivity (Wildman–Crippen MR) is 76.0 cm³/mol. The number of nitrogens with zero attached hydrogens (tertiary/aromatic N) is 3. The highest BCUT2D eigenvalue weighted by Gasteiger charge is 2.62. The van der Waals surface area contributed by atoms with Crippen molar-refractivity contribution in [2.45, 2.75) is 25.6 Å². The molecule has 1 aromatic heterocycles. The molecular weight excluding hydrogens is 315 g/mol. The number of azo groups is 1. The van der Waals surface area contributed by atoms with Crippen LogP contribution < -0.4 is 0 Å². The lowest BCUT2D eigenvalue weighted by Crippen LogP contribution is -2.34. The van der Waals surface area contributed by atoms with Crippen molar-refractivity contribution >= 4 is 7.60 Å². The highest BCUT2D eigenvalue weighted by atomic mass is 31.2. The summed E-state index contributed by atoms with van der Waals surface area (Å²) in [5, 5.41) is 7.53. The van der Waals surface area contributed by atoms with Gasteiger partial charge < -0.3 is 9.05 Å². The van der Waals surface area contributed by atoms with Crippen molar-refractivity contribution in [3.05, 3.63) is 30.1 Å². The Balaban J connectivity index is 2.33. The van der Waals surface area contributed by atoms with Gasteiger partial charge in [-0.3, -0.25) is 9.55 Å². The van der Waals surface area contributed by atoms with E-state index in [-0.39, 0.29) is 19.8 Å². The van der Waals surface area contributed by atoms with Crippen LogP contribution in [0.1, 0.15) is 25.6 Å². The van der Waals surface area contributed by atoms with Gasteiger partial charge in [-0.1, -0.05) is 6.07 Å². The van der Waals surface area contributed by atoms with Crippen molar-refractivity contribution in [1.82, 2.24) is 4.98 Å². The Morgan fingerprint density at radius 2 is 2.00 bits per heavy atom. The van der Waals surface area contributed by atoms with Crippen molar-refractivity contribution in [2.75, 3.05) is 19.8 Å². The van der Waals surface area contributed by atoms with Gasteiger partial charge in [0.1, 0.15) is 6.04 Å². The molecule has 2 rings (SSSR count). The normalized spacial score (nSPS) is 22.2. The Morgan fingerprint density at radius 3 is 2.55 bits per heavy atom. The molecule has 1 aliphatic heterocycles. The molecule has 2 heterocycles. The van der Waals surface area contributed by atoms with Crippen molar-refractivity contribution in [1.29, 1.82) is 0 Å². The molecule has 122 valence electrons. The van der Waals surface area contributed by atoms with Gasteiger partial charge >= 0.3 is 13.3 Å². The molecule has 1 aromatic rings. The third-order valence-electron chi connectivity index (χ3n) is 3.27. The lowest BCUT2D eigenvalue weighted by molar-refractivity contribution is -0.0132. The minimum atomic E-state index is -4.61. The first-order chi connectivity index (χ1) is 10.5. The predicted octanol–water partition coefficient (Wildman–Crippen LogP) is 4.06. The van der Waals surface area contributed by atoms with E-state index in [2.05, 4.69) is 15.2 Å². The fourth-order valence-electron chi connectivity index (χ4n) is 2.27. The zero-order chi connectivity index (χ0) is 16.2. The van der Waals surface area contributed by atoms with Gasteiger partial charge in [-0.2, -0.15) is 19.0 Å². The van der Waals surface area contributed by atoms with Gasteiger partial charge in [-0.15, -0.1) is 0 Å². The molecule has 6 nitrogen and oxygen atoms in total. The molecular formula is C13H18F2N3O3P. The number of aromatic nitrogens is 1. The molecule has 2 atom stereocenters. The lowest BCUT2D eigenvalue weighted by atomic mass is 9.98. The number of pyridine rings is 1. The minimum Gasteiger partial charge on any atom is -0.305 e. The molecule has 1 aliphatic rings. The number of hydrogen-bond donors (Lipinski definition) is 0. The van der Waals surface area contributed by atoms with E-state index in [9.17, 15) is 13.3 Å². The average molecular weight is 333 g/mol. The molecule has 9 heteroatoms. The van der Waals surface area contributed by atoms with E-state index < -0.39 is 25.2 Å². The second-order valence-electron chi connectivity index (χ2n) is 4.67. The van der Waals surface area contributed by atoms with Crippen LogP contribution in [0.3, 0.4) is 0 Å². The number of halogens is 2. The van der Waals surface area contributed by atoms with Crippen LogP contribution in [0.25, 0.3) is 0 Å². The number of rotatable bonds is 7. The van der Waals surface area contributed by atoms with Gasteiger partial charge in [0.05, 0.1) is 31.4 Å². The molecule has 0 spiro atoms. The summed E-state index contributed by atoms with van der Waals surface area (Å²) in [6, 6.07) is 3.97. The summed E-state index contributed by atoms with van der Waals surface area (Å²) in [5.41, 5.74) is -3.35. The van der Waals surface area contributed by atoms with Crippen LogP contribution in [0, 0.1) is 5.92 Å². The molecule has 0 radical (unpaired) electrons. The molecule has 0 amide bonds. The van der Waals surface area contributed by atoms with E-state index in [1.165, 1.54) is 20.0 Å². The Kier molecular flexibility index (Phi) is 5.36. The average Bonchev–Trinajstić information content (AvgIpc) is 2.98. The summed E-state index contributed by atoms with van der Waals surface area (Å²) in [6.45, 7) is 2.45. The van der Waals surface area contributed by atoms with E-state index in [0.717, 1.165) is 0 Å². The summed E-state index contributed by atoms with van der Waals surface area (Å²) in [6.07, 6.45) is 1.49. The second kappa shape index (κ2) is 6.89. The van der Waals surface area contributed by atoms with Crippen LogP contribution in [-0.4, -0.2) is 30.4 Å². The first kappa shape index (κ1) is 17.1. The van der Waals surface area contributed by atoms with Crippen LogP contribution in [0.4, 0.5) is 8.78 Å². The van der Waals surface area contributed by atoms with Gasteiger partial charge in [0.25, 0.3) is 0 Å². The van der Waals surface area contributed by atoms with Crippen LogP contribution >= 0.6 is 7.60 Å². The summed E-state index contributed by atoms with van der Waals surface area (Å²) >= 11 is 0. The first-order valence-electron chi connectivity index (χ1n) is 7.00. The summed E-state index contributed by atoms with van der Waals surface area (Å²) in [7, 11) is -4.61. The molecule has 0 aliphatic carbocycles. The molecule has 0 unspecified atom stereocenters. The summed E-state index contributed by atoms with van der Waals surface area (Å²) < 4.78 is 51.8. The largest absolute Gasteiger partial charge is 0.400 e. The zero-order valence-electron chi connectivity index (χ0n) is 12.4. The van der Waals surface area contributed by atoms with Crippen molar-refractivity contribution in [2.24, 2.45) is 16.1 Å². The summed E-state index contributed by atoms with van der Waals surface area (Å²) in [5.74, 6) is -1.41. The third-order valence-corrected chi connectivity index (χ3v) is 5.52. The van der Waals surface area contributed by atoms with Crippen LogP contribution in [0.2, 0.25) is 0 Å². The Labute approximate surface area is 127 Å². The zero-order valence-corrected chi connectivity index (χ0v) is 13.2. The molecule has 0 saturated carbocycles. The number of hydrogen-bond acceptors (Lipinski definition) is 6. The minimum absolute atomic E-state index is 0.137. The maximum absolute atomic E-state index is 14.8. The molecule has 0 fully saturated rings. The Bertz CT molecular complexity index is 561. The Hall–Kier alpha value is -1.24. The third kappa shape index (κ3) is 3.09. The topological polar surface area (TPSA) is 73.1 Å². The van der Waals surface area contributed by atoms with Gasteiger partial charge in [0.2, 0.25) is 0 Å². The van der Waals surface area contributed by atoms with Crippen LogP contribution in [-0.2, 0) is 13.6 Å². The summed E-state index contributed by atoms with van der Waals surface area (Å²) in [4.78, 5) is 4.04. The first-order valence-corrected chi connectivity index (χ1v) is 8.55. The van der Waals surface area contributed by atoms with E-state index in [1.807, 2.05) is 0 Å². The van der Waals surface area contributed by atoms with Crippen molar-refractivity contribution in [3.8, 4) is 0 Å². The molecule has 0 aromatic carbocycles. The van der Waals surface area contributed by atoms with E-state index >= 15 is 0 Å². The lowest BCUT2D eigenvalue weighted by Gasteiger charge is -2.31. The molecule has 0 N–H and O–H groups in total. The fraction of sp³-hybridized carbons (Fsp3) is 0.615. The highest BCUT2D eigenvalue weighted by Crippen LogP contribution is 2.67. The van der Waals surface area contributed by atoms with Gasteiger partial charge in [-0.05, 0) is 26.0 Å². The monoisotopic (exact) mass is 333 g/mol. The van der Waals surface area contributed by atoms with Gasteiger partial charge in [-0.25, -0.2) is 0 Å². The fourth-order valence-corrected chi connectivity index (χ4v) is 4.00. The van der Waals surface area contributed by atoms with Crippen LogP contribution in [0.15, 0.2) is 34.6 Å². The van der Waals surface area contributed by atoms with E-state index in [0.29, 0.717) is 5.69 Å². The molecule has 22 heavy (non-hydrogen) atoms. The Morgan fingerprint density at radius 1 is 1.32 bits per heavy atom. The SMILES string of the molecule is CCOP(=O)(OCC)C(F)(F)[C@H]1CN=N[C@@H]1c1ccccn1. The maximum atomic E-state index is 14.8.